The Labute approximate surface area is 132 Å². The van der Waals surface area contributed by atoms with Gasteiger partial charge in [0.15, 0.2) is 12.4 Å². The number of rotatable bonds is 4. The van der Waals surface area contributed by atoms with Gasteiger partial charge < -0.3 is 9.47 Å². The average molecular weight is 421 g/mol. The highest BCUT2D eigenvalue weighted by Gasteiger charge is 2.19. The number of carbonyl (C=O) groups is 1. The number of benzene rings is 1. The number of halogens is 4. The van der Waals surface area contributed by atoms with Crippen molar-refractivity contribution in [2.24, 2.45) is 0 Å². The van der Waals surface area contributed by atoms with Gasteiger partial charge in [-0.1, -0.05) is 23.2 Å². The first-order valence-corrected chi connectivity index (χ1v) is 7.35. The van der Waals surface area contributed by atoms with Gasteiger partial charge in [0.1, 0.15) is 0 Å². The fraction of sp³-hybridized carbons (Fsp3) is 0.364. The average Bonchev–Trinajstić information content (AvgIpc) is 2.34. The highest BCUT2D eigenvalue weighted by atomic mass is 79.9. The zero-order chi connectivity index (χ0) is 13.9. The number of carbonyl (C=O) groups excluding carboxylic acids is 1. The summed E-state index contributed by atoms with van der Waals surface area (Å²) in [6.45, 7) is 3.61. The van der Waals surface area contributed by atoms with Crippen LogP contribution in [0.5, 0.6) is 5.75 Å². The van der Waals surface area contributed by atoms with E-state index in [-0.39, 0.29) is 6.61 Å². The zero-order valence-corrected chi connectivity index (χ0v) is 14.3. The van der Waals surface area contributed by atoms with Crippen molar-refractivity contribution in [1.82, 2.24) is 0 Å². The van der Waals surface area contributed by atoms with Crippen molar-refractivity contribution in [3.05, 3.63) is 24.6 Å². The van der Waals surface area contributed by atoms with Gasteiger partial charge in [0.25, 0.3) is 0 Å². The monoisotopic (exact) mass is 418 g/mol. The Hall–Kier alpha value is 0.0300. The number of hydrogen-bond acceptors (Lipinski definition) is 3. The lowest BCUT2D eigenvalue weighted by Crippen LogP contribution is -2.15. The summed E-state index contributed by atoms with van der Waals surface area (Å²) in [5.74, 6) is -0.0761. The van der Waals surface area contributed by atoms with Crippen molar-refractivity contribution in [3.8, 4) is 5.75 Å². The normalized spacial score (nSPS) is 10.3. The Kier molecular flexibility index (Phi) is 6.24. The molecule has 0 bridgehead atoms. The molecule has 0 unspecified atom stereocenters. The Bertz CT molecular complexity index is 449. The number of hydrogen-bond donors (Lipinski definition) is 0. The van der Waals surface area contributed by atoms with Crippen LogP contribution < -0.4 is 4.74 Å². The second-order valence-corrected chi connectivity index (χ2v) is 5.65. The number of esters is 1. The van der Waals surface area contributed by atoms with Crippen molar-refractivity contribution in [2.75, 3.05) is 13.2 Å². The molecule has 0 spiro atoms. The molecule has 7 heteroatoms. The molecule has 0 fully saturated rings. The van der Waals surface area contributed by atoms with Crippen molar-refractivity contribution in [3.63, 3.8) is 0 Å². The molecule has 100 valence electrons. The van der Waals surface area contributed by atoms with Crippen molar-refractivity contribution >= 4 is 61.0 Å². The third-order valence-corrected chi connectivity index (χ3v) is 5.00. The maximum absolute atomic E-state index is 11.2. The summed E-state index contributed by atoms with van der Waals surface area (Å²) in [6, 6.07) is 0. The molecule has 0 N–H and O–H groups in total. The first kappa shape index (κ1) is 16.1. The molecule has 0 heterocycles. The second-order valence-electron chi connectivity index (χ2n) is 3.30. The minimum atomic E-state index is -0.455. The van der Waals surface area contributed by atoms with Crippen LogP contribution in [0, 0.1) is 6.92 Å². The van der Waals surface area contributed by atoms with Crippen LogP contribution in [-0.4, -0.2) is 19.2 Å². The van der Waals surface area contributed by atoms with Crippen LogP contribution in [0.4, 0.5) is 0 Å². The predicted molar refractivity (Wildman–Crippen MR) is 78.7 cm³/mol. The summed E-state index contributed by atoms with van der Waals surface area (Å²) in [4.78, 5) is 11.2. The highest BCUT2D eigenvalue weighted by molar-refractivity contribution is 9.11. The quantitative estimate of drug-likeness (QED) is 0.520. The number of ether oxygens (including phenoxy) is 2. The molecule has 0 aliphatic rings. The lowest BCUT2D eigenvalue weighted by Gasteiger charge is -2.14. The summed E-state index contributed by atoms with van der Waals surface area (Å²) < 4.78 is 11.2. The van der Waals surface area contributed by atoms with Crippen molar-refractivity contribution < 1.29 is 14.3 Å². The van der Waals surface area contributed by atoms with E-state index in [1.165, 1.54) is 0 Å². The summed E-state index contributed by atoms with van der Waals surface area (Å²) in [5, 5.41) is 0.893. The van der Waals surface area contributed by atoms with Crippen LogP contribution >= 0.6 is 55.1 Å². The fourth-order valence-electron chi connectivity index (χ4n) is 1.18. The molecule has 1 rings (SSSR count). The van der Waals surface area contributed by atoms with Crippen LogP contribution in [-0.2, 0) is 9.53 Å². The molecule has 0 aliphatic carbocycles. The van der Waals surface area contributed by atoms with Crippen LogP contribution in [0.25, 0.3) is 0 Å². The van der Waals surface area contributed by atoms with E-state index >= 15 is 0 Å². The zero-order valence-electron chi connectivity index (χ0n) is 9.65. The Morgan fingerprint density at radius 2 is 1.72 bits per heavy atom. The molecule has 3 nitrogen and oxygen atoms in total. The molecule has 0 atom stereocenters. The van der Waals surface area contributed by atoms with E-state index in [9.17, 15) is 4.79 Å². The Morgan fingerprint density at radius 1 is 1.22 bits per heavy atom. The van der Waals surface area contributed by atoms with Crippen LogP contribution in [0.3, 0.4) is 0 Å². The van der Waals surface area contributed by atoms with Gasteiger partial charge in [-0.25, -0.2) is 4.79 Å². The highest BCUT2D eigenvalue weighted by Crippen LogP contribution is 2.45. The first-order chi connectivity index (χ1) is 8.40. The molecular weight excluding hydrogens is 411 g/mol. The van der Waals surface area contributed by atoms with E-state index in [0.29, 0.717) is 31.3 Å². The minimum absolute atomic E-state index is 0.208. The summed E-state index contributed by atoms with van der Waals surface area (Å²) in [7, 11) is 0. The first-order valence-electron chi connectivity index (χ1n) is 5.01. The standard InChI is InChI=1S/C11H10Br2Cl2O3/c1-3-17-6(16)4-18-11-7(12)9(14)5(2)10(15)8(11)13/h3-4H2,1-2H3. The lowest BCUT2D eigenvalue weighted by molar-refractivity contribution is -0.145. The molecule has 0 aromatic heterocycles. The van der Waals surface area contributed by atoms with Gasteiger partial charge in [0.05, 0.1) is 25.6 Å². The fourth-order valence-corrected chi connectivity index (χ4v) is 3.08. The molecule has 0 saturated heterocycles. The Morgan fingerprint density at radius 3 is 2.17 bits per heavy atom. The summed E-state index contributed by atoms with van der Waals surface area (Å²) in [5.41, 5.74) is 0.723. The molecule has 0 aliphatic heterocycles. The smallest absolute Gasteiger partial charge is 0.344 e. The molecule has 1 aromatic carbocycles. The maximum atomic E-state index is 11.2. The van der Waals surface area contributed by atoms with Gasteiger partial charge in [-0.05, 0) is 51.3 Å². The molecule has 0 amide bonds. The van der Waals surface area contributed by atoms with Crippen LogP contribution in [0.15, 0.2) is 8.95 Å². The minimum Gasteiger partial charge on any atom is -0.479 e. The van der Waals surface area contributed by atoms with E-state index in [1.54, 1.807) is 13.8 Å². The van der Waals surface area contributed by atoms with Gasteiger partial charge in [0.2, 0.25) is 0 Å². The SMILES string of the molecule is CCOC(=O)COc1c(Br)c(Cl)c(C)c(Cl)c1Br. The molecule has 0 radical (unpaired) electrons. The van der Waals surface area contributed by atoms with Gasteiger partial charge >= 0.3 is 5.97 Å². The summed E-state index contributed by atoms with van der Waals surface area (Å²) >= 11 is 18.8. The van der Waals surface area contributed by atoms with Gasteiger partial charge in [0, 0.05) is 0 Å². The van der Waals surface area contributed by atoms with Crippen molar-refractivity contribution in [1.29, 1.82) is 0 Å². The maximum Gasteiger partial charge on any atom is 0.344 e. The van der Waals surface area contributed by atoms with Crippen LogP contribution in [0.2, 0.25) is 10.0 Å². The molecule has 0 saturated carbocycles. The van der Waals surface area contributed by atoms with E-state index in [4.69, 9.17) is 32.7 Å². The Balaban J connectivity index is 2.99. The van der Waals surface area contributed by atoms with E-state index < -0.39 is 5.97 Å². The molecule has 18 heavy (non-hydrogen) atoms. The van der Waals surface area contributed by atoms with E-state index in [1.807, 2.05) is 0 Å². The van der Waals surface area contributed by atoms with Gasteiger partial charge in [-0.15, -0.1) is 0 Å². The summed E-state index contributed by atoms with van der Waals surface area (Å²) in [6.07, 6.45) is 0. The molecule has 1 aromatic rings. The van der Waals surface area contributed by atoms with Gasteiger partial charge in [-0.3, -0.25) is 0 Å². The van der Waals surface area contributed by atoms with E-state index in [0.717, 1.165) is 5.56 Å². The largest absolute Gasteiger partial charge is 0.479 e. The third kappa shape index (κ3) is 3.53. The van der Waals surface area contributed by atoms with Crippen molar-refractivity contribution in [2.45, 2.75) is 13.8 Å². The third-order valence-electron chi connectivity index (χ3n) is 2.08. The lowest BCUT2D eigenvalue weighted by atomic mass is 10.2. The van der Waals surface area contributed by atoms with Gasteiger partial charge in [-0.2, -0.15) is 0 Å². The second kappa shape index (κ2) is 6.98. The topological polar surface area (TPSA) is 35.5 Å². The molecular formula is C11H10Br2Cl2O3. The van der Waals surface area contributed by atoms with E-state index in [2.05, 4.69) is 31.9 Å². The predicted octanol–water partition coefficient (Wildman–Crippen LogP) is 4.77. The van der Waals surface area contributed by atoms with Crippen LogP contribution in [0.1, 0.15) is 12.5 Å².